The summed E-state index contributed by atoms with van der Waals surface area (Å²) in [5.41, 5.74) is 0. The summed E-state index contributed by atoms with van der Waals surface area (Å²) in [4.78, 5) is 13.2. The molecule has 9 heteroatoms. The van der Waals surface area contributed by atoms with Crippen LogP contribution in [0, 0.1) is 0 Å². The van der Waals surface area contributed by atoms with Gasteiger partial charge < -0.3 is 40.3 Å². The molecular weight excluding hydrogens is 1100 g/mol. The van der Waals surface area contributed by atoms with Crippen molar-refractivity contribution >= 4 is 5.91 Å². The minimum Gasteiger partial charge on any atom is -0.394 e. The Balaban J connectivity index is 2.04. The van der Waals surface area contributed by atoms with Gasteiger partial charge in [-0.25, -0.2) is 0 Å². The highest BCUT2D eigenvalue weighted by Gasteiger charge is 2.44. The molecule has 528 valence electrons. The molecule has 1 aliphatic rings. The maximum Gasteiger partial charge on any atom is 0.220 e. The van der Waals surface area contributed by atoms with Gasteiger partial charge in [-0.3, -0.25) is 4.79 Å². The van der Waals surface area contributed by atoms with Crippen LogP contribution in [-0.4, -0.2) is 87.5 Å². The van der Waals surface area contributed by atoms with Crippen molar-refractivity contribution in [3.8, 4) is 0 Å². The van der Waals surface area contributed by atoms with Crippen molar-refractivity contribution in [2.24, 2.45) is 0 Å². The summed E-state index contributed by atoms with van der Waals surface area (Å²) in [5, 5.41) is 55.1. The fourth-order valence-corrected chi connectivity index (χ4v) is 13.3. The average molecular weight is 1260 g/mol. The molecule has 6 N–H and O–H groups in total. The van der Waals surface area contributed by atoms with E-state index in [1.165, 1.54) is 353 Å². The third kappa shape index (κ3) is 57.8. The summed E-state index contributed by atoms with van der Waals surface area (Å²) in [6.45, 7) is 3.90. The summed E-state index contributed by atoms with van der Waals surface area (Å²) in [6.07, 6.45) is 85.8. The van der Waals surface area contributed by atoms with E-state index in [4.69, 9.17) is 9.47 Å². The minimum absolute atomic E-state index is 0.132. The van der Waals surface area contributed by atoms with E-state index in [-0.39, 0.29) is 12.5 Å². The van der Waals surface area contributed by atoms with Gasteiger partial charge in [-0.05, 0) is 44.9 Å². The van der Waals surface area contributed by atoms with Crippen molar-refractivity contribution in [1.82, 2.24) is 5.32 Å². The second-order valence-corrected chi connectivity index (χ2v) is 28.2. The van der Waals surface area contributed by atoms with Gasteiger partial charge in [0.05, 0.1) is 25.4 Å². The number of hydrogen-bond acceptors (Lipinski definition) is 8. The van der Waals surface area contributed by atoms with Gasteiger partial charge in [-0.1, -0.05) is 398 Å². The molecule has 1 heterocycles. The van der Waals surface area contributed by atoms with E-state index >= 15 is 0 Å². The zero-order chi connectivity index (χ0) is 64.2. The molecule has 1 aliphatic heterocycles. The van der Waals surface area contributed by atoms with Crippen LogP contribution in [0.1, 0.15) is 425 Å². The minimum atomic E-state index is -1.55. The maximum atomic E-state index is 13.2. The first-order chi connectivity index (χ1) is 43.8. The van der Waals surface area contributed by atoms with E-state index in [1.807, 2.05) is 0 Å². The number of aliphatic hydroxyl groups excluding tert-OH is 5. The van der Waals surface area contributed by atoms with Crippen LogP contribution in [0.25, 0.3) is 0 Å². The molecule has 1 rings (SSSR count). The van der Waals surface area contributed by atoms with Crippen LogP contribution < -0.4 is 5.32 Å². The van der Waals surface area contributed by atoms with Crippen molar-refractivity contribution in [3.05, 3.63) is 24.3 Å². The number of rotatable bonds is 72. The van der Waals surface area contributed by atoms with Gasteiger partial charge in [-0.15, -0.1) is 0 Å². The molecule has 0 aromatic carbocycles. The van der Waals surface area contributed by atoms with E-state index in [0.717, 1.165) is 44.9 Å². The predicted octanol–water partition coefficient (Wildman–Crippen LogP) is 22.8. The number of ether oxygens (including phenoxy) is 2. The molecular formula is C80H155NO8. The van der Waals surface area contributed by atoms with Crippen LogP contribution >= 0.6 is 0 Å². The van der Waals surface area contributed by atoms with Crippen LogP contribution in [-0.2, 0) is 14.3 Å². The lowest BCUT2D eigenvalue weighted by atomic mass is 9.99. The Morgan fingerprint density at radius 3 is 0.966 bits per heavy atom. The Morgan fingerprint density at radius 1 is 0.382 bits per heavy atom. The summed E-state index contributed by atoms with van der Waals surface area (Å²) in [5.74, 6) is -0.134. The first-order valence-electron chi connectivity index (χ1n) is 40.0. The van der Waals surface area contributed by atoms with Gasteiger partial charge in [0.25, 0.3) is 0 Å². The summed E-state index contributed by atoms with van der Waals surface area (Å²) in [7, 11) is 0. The number of carbonyl (C=O) groups excluding carboxylic acids is 1. The van der Waals surface area contributed by atoms with E-state index in [9.17, 15) is 30.3 Å². The smallest absolute Gasteiger partial charge is 0.220 e. The lowest BCUT2D eigenvalue weighted by Gasteiger charge is -2.40. The molecule has 1 saturated heterocycles. The number of hydrogen-bond donors (Lipinski definition) is 6. The molecule has 0 aliphatic carbocycles. The Kier molecular flexibility index (Phi) is 66.9. The molecule has 0 saturated carbocycles. The lowest BCUT2D eigenvalue weighted by molar-refractivity contribution is -0.302. The van der Waals surface area contributed by atoms with Gasteiger partial charge in [0.2, 0.25) is 5.91 Å². The monoisotopic (exact) mass is 1260 g/mol. The second-order valence-electron chi connectivity index (χ2n) is 28.2. The van der Waals surface area contributed by atoms with Crippen molar-refractivity contribution in [2.75, 3.05) is 13.2 Å². The first kappa shape index (κ1) is 85.7. The molecule has 1 fully saturated rings. The Morgan fingerprint density at radius 2 is 0.663 bits per heavy atom. The van der Waals surface area contributed by atoms with Crippen molar-refractivity contribution in [2.45, 2.75) is 468 Å². The van der Waals surface area contributed by atoms with Gasteiger partial charge in [0, 0.05) is 6.42 Å². The van der Waals surface area contributed by atoms with Crippen molar-refractivity contribution in [3.63, 3.8) is 0 Å². The van der Waals surface area contributed by atoms with Crippen LogP contribution in [0.5, 0.6) is 0 Å². The third-order valence-electron chi connectivity index (χ3n) is 19.6. The number of unbranched alkanes of at least 4 members (excludes halogenated alkanes) is 58. The summed E-state index contributed by atoms with van der Waals surface area (Å²) in [6, 6.07) is -0.718. The quantitative estimate of drug-likeness (QED) is 0.0261. The molecule has 0 aromatic rings. The molecule has 0 spiro atoms. The topological polar surface area (TPSA) is 149 Å². The van der Waals surface area contributed by atoms with Gasteiger partial charge >= 0.3 is 0 Å². The van der Waals surface area contributed by atoms with Crippen LogP contribution in [0.4, 0.5) is 0 Å². The standard InChI is InChI=1S/C80H155NO8/c1-3-5-7-9-11-13-15-17-19-21-23-25-27-29-31-33-35-36-37-38-40-42-44-46-48-50-52-54-56-58-60-62-64-66-68-70-76(84)81-73(72-88-80-79(87)78(86)77(85)75(71-82)89-80)74(83)69-67-65-63-61-59-57-55-53-51-49-47-45-43-41-39-34-32-30-28-26-24-22-20-18-16-14-12-10-8-6-4-2/h15,17,21,23,73-75,77-80,82-83,85-87H,3-14,16,18-20,22,24-72H2,1-2H3,(H,81,84)/b17-15-,23-21-. The molecule has 0 radical (unpaired) electrons. The lowest BCUT2D eigenvalue weighted by Crippen LogP contribution is -2.60. The average Bonchev–Trinajstić information content (AvgIpc) is 2.28. The van der Waals surface area contributed by atoms with Crippen molar-refractivity contribution in [1.29, 1.82) is 0 Å². The fraction of sp³-hybridized carbons (Fsp3) is 0.938. The first-order valence-corrected chi connectivity index (χ1v) is 40.0. The number of allylic oxidation sites excluding steroid dienone is 4. The van der Waals surface area contributed by atoms with E-state index in [1.54, 1.807) is 0 Å². The Bertz CT molecular complexity index is 1460. The number of carbonyl (C=O) groups is 1. The fourth-order valence-electron chi connectivity index (χ4n) is 13.3. The number of amides is 1. The molecule has 89 heavy (non-hydrogen) atoms. The summed E-state index contributed by atoms with van der Waals surface area (Å²) < 4.78 is 11.4. The maximum absolute atomic E-state index is 13.2. The molecule has 7 atom stereocenters. The highest BCUT2D eigenvalue weighted by molar-refractivity contribution is 5.76. The van der Waals surface area contributed by atoms with Crippen molar-refractivity contribution < 1.29 is 39.8 Å². The van der Waals surface area contributed by atoms with Gasteiger partial charge in [0.1, 0.15) is 24.4 Å². The second kappa shape index (κ2) is 69.5. The van der Waals surface area contributed by atoms with E-state index < -0.39 is 49.5 Å². The zero-order valence-electron chi connectivity index (χ0n) is 59.5. The molecule has 0 bridgehead atoms. The van der Waals surface area contributed by atoms with Crippen LogP contribution in [0.2, 0.25) is 0 Å². The highest BCUT2D eigenvalue weighted by atomic mass is 16.7. The SMILES string of the molecule is CCCCCCC/C=C\C/C=C\CCCCCCCCCCCCCCCCCCCCCCCCCC(=O)NC(COC1OC(CO)C(O)C(O)C1O)C(O)CCCCCCCCCCCCCCCCCCCCCCCCCCCCCCCCC. The van der Waals surface area contributed by atoms with Crippen LogP contribution in [0.3, 0.4) is 0 Å². The Hall–Kier alpha value is -1.33. The predicted molar refractivity (Wildman–Crippen MR) is 383 cm³/mol. The van der Waals surface area contributed by atoms with Gasteiger partial charge in [-0.2, -0.15) is 0 Å². The third-order valence-corrected chi connectivity index (χ3v) is 19.6. The number of nitrogens with one attached hydrogen (secondary N) is 1. The van der Waals surface area contributed by atoms with E-state index in [0.29, 0.717) is 12.8 Å². The highest BCUT2D eigenvalue weighted by Crippen LogP contribution is 2.24. The Labute approximate surface area is 553 Å². The molecule has 7 unspecified atom stereocenters. The molecule has 9 nitrogen and oxygen atoms in total. The number of aliphatic hydroxyl groups is 5. The normalized spacial score (nSPS) is 17.9. The van der Waals surface area contributed by atoms with Gasteiger partial charge in [0.15, 0.2) is 6.29 Å². The largest absolute Gasteiger partial charge is 0.394 e. The zero-order valence-corrected chi connectivity index (χ0v) is 59.5. The van der Waals surface area contributed by atoms with E-state index in [2.05, 4.69) is 43.5 Å². The molecule has 1 amide bonds. The van der Waals surface area contributed by atoms with Crippen LogP contribution in [0.15, 0.2) is 24.3 Å². The summed E-state index contributed by atoms with van der Waals surface area (Å²) >= 11 is 0. The molecule has 0 aromatic heterocycles.